The molecule has 1 rings (SSSR count). The number of carbonyl (C=O) groups is 1. The molecule has 0 aromatic heterocycles. The quantitative estimate of drug-likeness (QED) is 0.776. The van der Waals surface area contributed by atoms with Crippen LogP contribution in [0.4, 0.5) is 0 Å². The fourth-order valence-electron chi connectivity index (χ4n) is 1.41. The molecule has 0 fully saturated rings. The van der Waals surface area contributed by atoms with Crippen LogP contribution in [-0.4, -0.2) is 16.9 Å². The summed E-state index contributed by atoms with van der Waals surface area (Å²) in [6, 6.07) is 5.35. The molecule has 0 aliphatic heterocycles. The molecule has 0 N–H and O–H groups in total. The first kappa shape index (κ1) is 14.0. The third-order valence-corrected chi connectivity index (χ3v) is 2.31. The van der Waals surface area contributed by atoms with Gasteiger partial charge in [-0.05, 0) is 55.8 Å². The molecule has 0 spiro atoms. The summed E-state index contributed by atoms with van der Waals surface area (Å²) in [5.74, 6) is 1.08. The Labute approximate surface area is 110 Å². The summed E-state index contributed by atoms with van der Waals surface area (Å²) in [5.41, 5.74) is 0.440. The van der Waals surface area contributed by atoms with Crippen molar-refractivity contribution in [2.75, 3.05) is 0 Å². The second-order valence-electron chi connectivity index (χ2n) is 4.24. The average Bonchev–Trinajstić information content (AvgIpc) is 2.14. The van der Waals surface area contributed by atoms with E-state index in [1.807, 2.05) is 33.8 Å². The minimum Gasteiger partial charge on any atom is -0.490 e. The molecule has 0 saturated carbocycles. The van der Waals surface area contributed by atoms with Crippen molar-refractivity contribution >= 4 is 20.6 Å². The highest BCUT2D eigenvalue weighted by atomic mass is 79.9. The molecule has 0 atom stereocenters. The fourth-order valence-corrected chi connectivity index (χ4v) is 1.80. The lowest BCUT2D eigenvalue weighted by Crippen LogP contribution is -2.12. The summed E-state index contributed by atoms with van der Waals surface area (Å²) in [6.07, 6.45) is 0.0183. The molecule has 4 heteroatoms. The van der Waals surface area contributed by atoms with Gasteiger partial charge in [0.05, 0.1) is 12.2 Å². The number of hydrogen-bond donors (Lipinski definition) is 0. The number of hydrogen-bond acceptors (Lipinski definition) is 3. The Morgan fingerprint density at radius 2 is 1.47 bits per heavy atom. The Kier molecular flexibility index (Phi) is 5.00. The first-order valence-electron chi connectivity index (χ1n) is 5.58. The molecular weight excluding hydrogens is 284 g/mol. The lowest BCUT2D eigenvalue weighted by Gasteiger charge is -2.17. The molecule has 0 saturated heterocycles. The van der Waals surface area contributed by atoms with Crippen molar-refractivity contribution in [1.29, 1.82) is 0 Å². The molecule has 0 aliphatic rings. The zero-order valence-corrected chi connectivity index (χ0v) is 12.1. The van der Waals surface area contributed by atoms with Crippen LogP contribution in [0.3, 0.4) is 0 Å². The van der Waals surface area contributed by atoms with E-state index in [0.29, 0.717) is 17.1 Å². The summed E-state index contributed by atoms with van der Waals surface area (Å²) in [4.78, 5) is 11.6. The summed E-state index contributed by atoms with van der Waals surface area (Å²) in [7, 11) is 0. The van der Waals surface area contributed by atoms with E-state index < -0.39 is 0 Å². The monoisotopic (exact) mass is 300 g/mol. The molecule has 94 valence electrons. The van der Waals surface area contributed by atoms with E-state index in [1.54, 1.807) is 12.1 Å². The van der Waals surface area contributed by atoms with E-state index in [-0.39, 0.29) is 16.9 Å². The van der Waals surface area contributed by atoms with Crippen molar-refractivity contribution in [1.82, 2.24) is 0 Å². The maximum absolute atomic E-state index is 11.6. The molecule has 0 heterocycles. The van der Waals surface area contributed by atoms with Crippen LogP contribution in [-0.2, 0) is 0 Å². The van der Waals surface area contributed by atoms with Crippen molar-refractivity contribution < 1.29 is 14.3 Å². The Bertz CT molecular complexity index is 371. The first-order valence-corrected chi connectivity index (χ1v) is 6.37. The van der Waals surface area contributed by atoms with E-state index >= 15 is 0 Å². The van der Waals surface area contributed by atoms with Crippen molar-refractivity contribution in [3.8, 4) is 11.5 Å². The maximum Gasteiger partial charge on any atom is 0.235 e. The molecule has 0 amide bonds. The number of rotatable bonds is 5. The molecule has 0 bridgehead atoms. The van der Waals surface area contributed by atoms with E-state index in [1.165, 1.54) is 0 Å². The largest absolute Gasteiger partial charge is 0.490 e. The Morgan fingerprint density at radius 1 is 1.06 bits per heavy atom. The summed E-state index contributed by atoms with van der Waals surface area (Å²) in [6.45, 7) is 7.66. The fraction of sp³-hybridized carbons (Fsp3) is 0.462. The minimum atomic E-state index is -0.232. The molecule has 0 aliphatic carbocycles. The molecule has 0 radical (unpaired) electrons. The van der Waals surface area contributed by atoms with Crippen molar-refractivity contribution in [3.05, 3.63) is 23.8 Å². The number of benzene rings is 1. The van der Waals surface area contributed by atoms with Crippen LogP contribution in [0.1, 0.15) is 38.1 Å². The predicted molar refractivity (Wildman–Crippen MR) is 71.2 cm³/mol. The molecule has 1 aromatic rings. The lowest BCUT2D eigenvalue weighted by molar-refractivity contribution is 0.108. The average molecular weight is 301 g/mol. The highest BCUT2D eigenvalue weighted by Gasteiger charge is 2.18. The third-order valence-electron chi connectivity index (χ3n) is 1.91. The molecule has 0 unspecified atom stereocenters. The van der Waals surface area contributed by atoms with Crippen LogP contribution in [0.25, 0.3) is 0 Å². The molecule has 3 nitrogen and oxygen atoms in total. The zero-order chi connectivity index (χ0) is 13.0. The smallest absolute Gasteiger partial charge is 0.235 e. The Hall–Kier alpha value is -1.03. The van der Waals surface area contributed by atoms with Gasteiger partial charge in [0.1, 0.15) is 17.1 Å². The number of ether oxygens (including phenoxy) is 2. The van der Waals surface area contributed by atoms with E-state index in [2.05, 4.69) is 15.9 Å². The highest BCUT2D eigenvalue weighted by Crippen LogP contribution is 2.31. The van der Waals surface area contributed by atoms with Crippen LogP contribution in [0.5, 0.6) is 11.5 Å². The molecular formula is C13H17BrO3. The van der Waals surface area contributed by atoms with E-state index in [4.69, 9.17) is 9.47 Å². The number of carbonyl (C=O) groups excluding carboxylic acids is 1. The standard InChI is InChI=1S/C13H17BrO3/c1-8(2)16-10-6-5-7-11(17-9(3)4)12(10)13(14)15/h5-9H,1-4H3. The van der Waals surface area contributed by atoms with Crippen molar-refractivity contribution in [3.63, 3.8) is 0 Å². The van der Waals surface area contributed by atoms with Crippen LogP contribution < -0.4 is 9.47 Å². The van der Waals surface area contributed by atoms with Gasteiger partial charge in [0.15, 0.2) is 0 Å². The Balaban J connectivity index is 3.17. The third kappa shape index (κ3) is 4.04. The van der Waals surface area contributed by atoms with Crippen LogP contribution in [0.15, 0.2) is 18.2 Å². The number of halogens is 1. The van der Waals surface area contributed by atoms with Gasteiger partial charge in [-0.15, -0.1) is 0 Å². The van der Waals surface area contributed by atoms with Gasteiger partial charge in [0, 0.05) is 0 Å². The van der Waals surface area contributed by atoms with Crippen LogP contribution in [0.2, 0.25) is 0 Å². The lowest BCUT2D eigenvalue weighted by atomic mass is 10.2. The van der Waals surface area contributed by atoms with Gasteiger partial charge in [0.25, 0.3) is 0 Å². The second-order valence-corrected chi connectivity index (χ2v) is 4.96. The van der Waals surface area contributed by atoms with Crippen molar-refractivity contribution in [2.45, 2.75) is 39.9 Å². The first-order chi connectivity index (χ1) is 7.91. The normalized spacial score (nSPS) is 10.8. The van der Waals surface area contributed by atoms with Gasteiger partial charge in [-0.25, -0.2) is 0 Å². The van der Waals surface area contributed by atoms with Crippen molar-refractivity contribution in [2.24, 2.45) is 0 Å². The highest BCUT2D eigenvalue weighted by molar-refractivity contribution is 9.18. The van der Waals surface area contributed by atoms with Crippen LogP contribution in [0, 0.1) is 0 Å². The van der Waals surface area contributed by atoms with Gasteiger partial charge in [0.2, 0.25) is 4.69 Å². The Morgan fingerprint density at radius 3 is 1.76 bits per heavy atom. The van der Waals surface area contributed by atoms with Crippen LogP contribution >= 0.6 is 15.9 Å². The maximum atomic E-state index is 11.6. The van der Waals surface area contributed by atoms with Gasteiger partial charge in [-0.1, -0.05) is 6.07 Å². The van der Waals surface area contributed by atoms with Gasteiger partial charge in [-0.3, -0.25) is 4.79 Å². The van der Waals surface area contributed by atoms with E-state index in [9.17, 15) is 4.79 Å². The van der Waals surface area contributed by atoms with Gasteiger partial charge >= 0.3 is 0 Å². The summed E-state index contributed by atoms with van der Waals surface area (Å²) in [5, 5.41) is 0. The topological polar surface area (TPSA) is 35.5 Å². The predicted octanol–water partition coefficient (Wildman–Crippen LogP) is 3.80. The SMILES string of the molecule is CC(C)Oc1cccc(OC(C)C)c1C(=O)Br. The summed E-state index contributed by atoms with van der Waals surface area (Å²) >= 11 is 2.97. The minimum absolute atomic E-state index is 0.00917. The zero-order valence-electron chi connectivity index (χ0n) is 10.5. The summed E-state index contributed by atoms with van der Waals surface area (Å²) < 4.78 is 11.0. The molecule has 1 aromatic carbocycles. The van der Waals surface area contributed by atoms with Gasteiger partial charge in [-0.2, -0.15) is 0 Å². The van der Waals surface area contributed by atoms with Gasteiger partial charge < -0.3 is 9.47 Å². The second kappa shape index (κ2) is 6.05. The van der Waals surface area contributed by atoms with E-state index in [0.717, 1.165) is 0 Å². The molecule has 17 heavy (non-hydrogen) atoms.